The summed E-state index contributed by atoms with van der Waals surface area (Å²) < 4.78 is 41.5. The molecular weight excluding hydrogens is 540 g/mol. The van der Waals surface area contributed by atoms with Crippen molar-refractivity contribution in [2.75, 3.05) is 25.1 Å². The molecule has 10 heteroatoms. The zero-order chi connectivity index (χ0) is 26.5. The fourth-order valence-electron chi connectivity index (χ4n) is 4.18. The summed E-state index contributed by atoms with van der Waals surface area (Å²) in [6.07, 6.45) is 12.8. The molecule has 2 aromatic rings. The van der Waals surface area contributed by atoms with Gasteiger partial charge in [-0.25, -0.2) is 22.1 Å². The molecule has 196 valence electrons. The predicted octanol–water partition coefficient (Wildman–Crippen LogP) is 7.18. The van der Waals surface area contributed by atoms with Crippen LogP contribution in [0.1, 0.15) is 44.9 Å². The van der Waals surface area contributed by atoms with Crippen LogP contribution < -0.4 is 0 Å². The van der Waals surface area contributed by atoms with Crippen molar-refractivity contribution >= 4 is 51.2 Å². The van der Waals surface area contributed by atoms with Crippen molar-refractivity contribution in [2.45, 2.75) is 44.2 Å². The molecule has 1 unspecified atom stereocenters. The lowest BCUT2D eigenvalue weighted by Gasteiger charge is -2.30. The van der Waals surface area contributed by atoms with Gasteiger partial charge in [-0.05, 0) is 61.6 Å². The van der Waals surface area contributed by atoms with E-state index < -0.39 is 15.4 Å². The van der Waals surface area contributed by atoms with Gasteiger partial charge in [0.1, 0.15) is 5.83 Å². The Morgan fingerprint density at radius 1 is 1.31 bits per heavy atom. The highest BCUT2D eigenvalue weighted by molar-refractivity contribution is 7.99. The van der Waals surface area contributed by atoms with E-state index in [0.717, 1.165) is 35.0 Å². The van der Waals surface area contributed by atoms with Crippen LogP contribution in [0.15, 0.2) is 59.7 Å². The number of nitrogens with zero attached hydrogens (tertiary/aromatic N) is 3. The molecule has 1 aromatic carbocycles. The van der Waals surface area contributed by atoms with Crippen LogP contribution in [-0.4, -0.2) is 47.4 Å². The molecule has 0 saturated carbocycles. The van der Waals surface area contributed by atoms with Crippen LogP contribution in [0.3, 0.4) is 0 Å². The molecular formula is C26H32Cl2FN3O2S2. The second-order valence-corrected chi connectivity index (χ2v) is 13.2. The number of hydrogen-bond acceptors (Lipinski definition) is 4. The summed E-state index contributed by atoms with van der Waals surface area (Å²) in [4.78, 5) is 4.69. The summed E-state index contributed by atoms with van der Waals surface area (Å²) in [6, 6.07) is 5.57. The zero-order valence-corrected chi connectivity index (χ0v) is 24.1. The average molecular weight is 573 g/mol. The highest BCUT2D eigenvalue weighted by atomic mass is 35.5. The maximum Gasteiger partial charge on any atom is 0.211 e. The van der Waals surface area contributed by atoms with Crippen molar-refractivity contribution in [1.82, 2.24) is 13.9 Å². The molecule has 5 nitrogen and oxygen atoms in total. The molecule has 1 atom stereocenters. The van der Waals surface area contributed by atoms with Crippen molar-refractivity contribution < 1.29 is 12.8 Å². The molecule has 0 amide bonds. The first kappa shape index (κ1) is 29.0. The van der Waals surface area contributed by atoms with Gasteiger partial charge in [0.15, 0.2) is 5.16 Å². The van der Waals surface area contributed by atoms with Crippen LogP contribution in [0.25, 0.3) is 6.20 Å². The lowest BCUT2D eigenvalue weighted by Crippen LogP contribution is -2.39. The third-order valence-electron chi connectivity index (χ3n) is 6.26. The highest BCUT2D eigenvalue weighted by Gasteiger charge is 2.30. The van der Waals surface area contributed by atoms with Gasteiger partial charge < -0.3 is 0 Å². The summed E-state index contributed by atoms with van der Waals surface area (Å²) in [7, 11) is -3.20. The van der Waals surface area contributed by atoms with Gasteiger partial charge in [-0.2, -0.15) is 0 Å². The molecule has 0 N–H and O–H groups in total. The van der Waals surface area contributed by atoms with Crippen molar-refractivity contribution in [1.29, 1.82) is 0 Å². The first-order chi connectivity index (χ1) is 16.9. The zero-order valence-electron chi connectivity index (χ0n) is 20.9. The summed E-state index contributed by atoms with van der Waals surface area (Å²) in [5, 5.41) is 1.72. The van der Waals surface area contributed by atoms with Gasteiger partial charge in [0.05, 0.1) is 28.2 Å². The van der Waals surface area contributed by atoms with Gasteiger partial charge in [0.25, 0.3) is 0 Å². The molecule has 0 radical (unpaired) electrons. The third-order valence-corrected chi connectivity index (χ3v) is 9.47. The topological polar surface area (TPSA) is 55.2 Å². The molecule has 3 rings (SSSR count). The van der Waals surface area contributed by atoms with E-state index in [2.05, 4.69) is 18.8 Å². The smallest absolute Gasteiger partial charge is 0.211 e. The number of benzene rings is 1. The first-order valence-electron chi connectivity index (χ1n) is 11.7. The Kier molecular flexibility index (Phi) is 9.91. The summed E-state index contributed by atoms with van der Waals surface area (Å²) >= 11 is 14.0. The molecule has 36 heavy (non-hydrogen) atoms. The lowest BCUT2D eigenvalue weighted by molar-refractivity contribution is 0.286. The molecule has 1 fully saturated rings. The number of imidazole rings is 1. The van der Waals surface area contributed by atoms with Crippen LogP contribution in [-0.2, 0) is 15.4 Å². The van der Waals surface area contributed by atoms with Gasteiger partial charge in [-0.1, -0.05) is 61.0 Å². The van der Waals surface area contributed by atoms with E-state index in [9.17, 15) is 12.8 Å². The summed E-state index contributed by atoms with van der Waals surface area (Å²) in [6.45, 7) is 6.99. The number of allylic oxidation sites excluding steroid dienone is 5. The van der Waals surface area contributed by atoms with E-state index in [0.29, 0.717) is 23.1 Å². The Morgan fingerprint density at radius 2 is 2.06 bits per heavy atom. The van der Waals surface area contributed by atoms with Gasteiger partial charge >= 0.3 is 0 Å². The minimum atomic E-state index is -3.20. The summed E-state index contributed by atoms with van der Waals surface area (Å²) in [5.74, 6) is 0.606. The lowest BCUT2D eigenvalue weighted by atomic mass is 9.81. The average Bonchev–Trinajstić information content (AvgIpc) is 3.23. The van der Waals surface area contributed by atoms with Crippen molar-refractivity contribution in [3.63, 3.8) is 0 Å². The maximum atomic E-state index is 14.0. The fourth-order valence-corrected chi connectivity index (χ4v) is 6.51. The number of aromatic nitrogens is 2. The Hall–Kier alpha value is -1.58. The van der Waals surface area contributed by atoms with E-state index in [1.54, 1.807) is 47.4 Å². The minimum absolute atomic E-state index is 0.228. The molecule has 1 aliphatic rings. The number of thioether (sulfide) groups is 1. The van der Waals surface area contributed by atoms with E-state index in [1.165, 1.54) is 18.4 Å². The number of hydrogen-bond donors (Lipinski definition) is 0. The van der Waals surface area contributed by atoms with Crippen LogP contribution in [0.4, 0.5) is 4.39 Å². The van der Waals surface area contributed by atoms with E-state index in [4.69, 9.17) is 23.2 Å². The first-order valence-corrected chi connectivity index (χ1v) is 15.3. The second-order valence-electron chi connectivity index (χ2n) is 9.38. The monoisotopic (exact) mass is 571 g/mol. The van der Waals surface area contributed by atoms with Gasteiger partial charge in [-0.15, -0.1) is 0 Å². The molecule has 0 aliphatic carbocycles. The van der Waals surface area contributed by atoms with Gasteiger partial charge in [0.2, 0.25) is 10.0 Å². The third kappa shape index (κ3) is 7.25. The minimum Gasteiger partial charge on any atom is -0.298 e. The molecule has 0 spiro atoms. The van der Waals surface area contributed by atoms with Crippen molar-refractivity contribution in [3.8, 4) is 0 Å². The Balaban J connectivity index is 1.92. The van der Waals surface area contributed by atoms with E-state index in [1.807, 2.05) is 22.9 Å². The quantitative estimate of drug-likeness (QED) is 0.236. The fraction of sp³-hybridized carbons (Fsp3) is 0.423. The number of halogens is 3. The highest BCUT2D eigenvalue weighted by Crippen LogP contribution is 2.37. The molecule has 1 aliphatic heterocycles. The van der Waals surface area contributed by atoms with E-state index >= 15 is 0 Å². The van der Waals surface area contributed by atoms with Gasteiger partial charge in [-0.3, -0.25) is 4.57 Å². The number of piperidine rings is 1. The Labute approximate surface area is 228 Å². The summed E-state index contributed by atoms with van der Waals surface area (Å²) in [5.41, 5.74) is 1.39. The Morgan fingerprint density at radius 3 is 2.72 bits per heavy atom. The van der Waals surface area contributed by atoms with Crippen molar-refractivity contribution in [2.24, 2.45) is 5.92 Å². The normalized spacial score (nSPS) is 18.5. The van der Waals surface area contributed by atoms with Crippen LogP contribution >= 0.6 is 35.0 Å². The van der Waals surface area contributed by atoms with Crippen LogP contribution in [0.2, 0.25) is 10.0 Å². The number of sulfonamides is 1. The predicted molar refractivity (Wildman–Crippen MR) is 150 cm³/mol. The van der Waals surface area contributed by atoms with Crippen LogP contribution in [0, 0.1) is 5.92 Å². The second kappa shape index (κ2) is 12.3. The SMILES string of the molecule is C\C=C/C(F)=C\C=C\n1c(C(C)(C)c2ccc(Cl)c(Cl)c2)cnc1SCC1CCCN(S(C)(=O)=O)C1. The Bertz CT molecular complexity index is 1270. The van der Waals surface area contributed by atoms with Crippen LogP contribution in [0.5, 0.6) is 0 Å². The van der Waals surface area contributed by atoms with Crippen molar-refractivity contribution in [3.05, 3.63) is 75.8 Å². The molecule has 0 bridgehead atoms. The van der Waals surface area contributed by atoms with E-state index in [-0.39, 0.29) is 11.7 Å². The van der Waals surface area contributed by atoms with Gasteiger partial charge in [0, 0.05) is 30.5 Å². The molecule has 1 aromatic heterocycles. The maximum absolute atomic E-state index is 14.0. The largest absolute Gasteiger partial charge is 0.298 e. The molecule has 2 heterocycles. The standard InChI is InChI=1S/C26H32Cl2FN3O2S2/c1-5-8-21(29)10-7-14-32-24(26(2,3)20-11-12-22(27)23(28)15-20)16-30-25(32)35-18-19-9-6-13-31(17-19)36(4,33)34/h5,7-8,10-12,14-16,19H,6,9,13,17-18H2,1-4H3/b8-5-,14-7+,21-10+. The number of rotatable bonds is 9. The molecule has 1 saturated heterocycles.